The first-order valence-electron chi connectivity index (χ1n) is 4.57. The van der Waals surface area contributed by atoms with Crippen LogP contribution in [-0.4, -0.2) is 0 Å². The topological polar surface area (TPSA) is 0 Å². The van der Waals surface area contributed by atoms with Crippen LogP contribution in [0.5, 0.6) is 0 Å². The molecule has 0 atom stereocenters. The Balaban J connectivity index is 3.05. The summed E-state index contributed by atoms with van der Waals surface area (Å²) < 4.78 is 2.50. The van der Waals surface area contributed by atoms with Crippen molar-refractivity contribution in [1.82, 2.24) is 0 Å². The largest absolute Gasteiger partial charge is 0.122 e. The van der Waals surface area contributed by atoms with Crippen molar-refractivity contribution >= 4 is 50.1 Å². The molecule has 0 nitrogen and oxygen atoms in total. The molecule has 3 heteroatoms. The fourth-order valence-electron chi connectivity index (χ4n) is 1.34. The zero-order chi connectivity index (χ0) is 10.7. The summed E-state index contributed by atoms with van der Waals surface area (Å²) in [6, 6.07) is 4.28. The van der Waals surface area contributed by atoms with E-state index in [4.69, 9.17) is 11.6 Å². The number of alkyl halides is 1. The summed E-state index contributed by atoms with van der Waals surface area (Å²) in [6.07, 6.45) is 1.11. The lowest BCUT2D eigenvalue weighted by Gasteiger charge is -2.11. The van der Waals surface area contributed by atoms with Gasteiger partial charge in [-0.1, -0.05) is 29.8 Å². The third-order valence-electron chi connectivity index (χ3n) is 1.97. The van der Waals surface area contributed by atoms with Crippen molar-refractivity contribution in [3.8, 4) is 0 Å². The van der Waals surface area contributed by atoms with Gasteiger partial charge in [-0.25, -0.2) is 0 Å². The molecule has 0 N–H and O–H groups in total. The summed E-state index contributed by atoms with van der Waals surface area (Å²) in [4.78, 5) is 0. The van der Waals surface area contributed by atoms with Crippen LogP contribution in [0.25, 0.3) is 0 Å². The van der Waals surface area contributed by atoms with Gasteiger partial charge < -0.3 is 0 Å². The molecular weight excluding hydrogens is 374 g/mol. The van der Waals surface area contributed by atoms with Crippen LogP contribution in [-0.2, 0) is 12.3 Å². The second-order valence-electron chi connectivity index (χ2n) is 3.77. The monoisotopic (exact) mass is 386 g/mol. The van der Waals surface area contributed by atoms with Gasteiger partial charge in [-0.3, -0.25) is 0 Å². The maximum atomic E-state index is 5.80. The van der Waals surface area contributed by atoms with Crippen LogP contribution in [0.2, 0.25) is 0 Å². The number of rotatable bonds is 3. The van der Waals surface area contributed by atoms with Gasteiger partial charge in [0.05, 0.1) is 0 Å². The predicted molar refractivity (Wildman–Crippen MR) is 75.0 cm³/mol. The minimum atomic E-state index is 0.580. The van der Waals surface area contributed by atoms with Gasteiger partial charge in [-0.15, -0.1) is 11.6 Å². The molecule has 0 heterocycles. The van der Waals surface area contributed by atoms with Crippen LogP contribution >= 0.6 is 50.1 Å². The highest BCUT2D eigenvalue weighted by atomic mass is 127. The third-order valence-corrected chi connectivity index (χ3v) is 3.95. The first-order chi connectivity index (χ1) is 6.54. The molecule has 0 saturated heterocycles. The third kappa shape index (κ3) is 3.38. The van der Waals surface area contributed by atoms with Gasteiger partial charge in [0.2, 0.25) is 0 Å². The molecular formula is C11H13BrClI. The van der Waals surface area contributed by atoms with Gasteiger partial charge in [-0.2, -0.15) is 0 Å². The molecule has 0 unspecified atom stereocenters. The Morgan fingerprint density at radius 1 is 1.43 bits per heavy atom. The molecule has 14 heavy (non-hydrogen) atoms. The fourth-order valence-corrected chi connectivity index (χ4v) is 3.44. The lowest BCUT2D eigenvalue weighted by Crippen LogP contribution is -1.99. The molecule has 1 rings (SSSR count). The molecule has 0 saturated carbocycles. The van der Waals surface area contributed by atoms with Crippen LogP contribution in [0.4, 0.5) is 0 Å². The number of benzene rings is 1. The molecule has 0 fully saturated rings. The maximum absolute atomic E-state index is 5.80. The van der Waals surface area contributed by atoms with Gasteiger partial charge in [0.25, 0.3) is 0 Å². The Bertz CT molecular complexity index is 300. The van der Waals surface area contributed by atoms with E-state index in [1.165, 1.54) is 19.2 Å². The van der Waals surface area contributed by atoms with Crippen molar-refractivity contribution in [2.24, 2.45) is 5.92 Å². The van der Waals surface area contributed by atoms with Gasteiger partial charge in [0.1, 0.15) is 0 Å². The molecule has 0 radical (unpaired) electrons. The van der Waals surface area contributed by atoms with Crippen molar-refractivity contribution in [2.75, 3.05) is 0 Å². The Hall–Kier alpha value is 0.720. The maximum Gasteiger partial charge on any atom is 0.0474 e. The van der Waals surface area contributed by atoms with Gasteiger partial charge in [-0.05, 0) is 58.2 Å². The van der Waals surface area contributed by atoms with E-state index in [0.29, 0.717) is 11.8 Å². The predicted octanol–water partition coefficient (Wildman–Crippen LogP) is 4.99. The second kappa shape index (κ2) is 5.71. The first kappa shape index (κ1) is 12.8. The lowest BCUT2D eigenvalue weighted by atomic mass is 10.0. The normalized spacial score (nSPS) is 11.0. The average molecular weight is 387 g/mol. The molecule has 0 aliphatic carbocycles. The molecule has 0 bridgehead atoms. The van der Waals surface area contributed by atoms with Crippen LogP contribution in [0.15, 0.2) is 16.6 Å². The molecule has 0 spiro atoms. The van der Waals surface area contributed by atoms with Crippen molar-refractivity contribution in [3.05, 3.63) is 31.3 Å². The fraction of sp³-hybridized carbons (Fsp3) is 0.455. The molecule has 0 aromatic heterocycles. The Morgan fingerprint density at radius 2 is 2.07 bits per heavy atom. The summed E-state index contributed by atoms with van der Waals surface area (Å²) in [5, 5.41) is 0. The molecule has 1 aromatic rings. The van der Waals surface area contributed by atoms with Gasteiger partial charge >= 0.3 is 0 Å². The summed E-state index contributed by atoms with van der Waals surface area (Å²) in [5.74, 6) is 1.26. The molecule has 0 aliphatic rings. The summed E-state index contributed by atoms with van der Waals surface area (Å²) in [7, 11) is 0. The molecule has 1 aromatic carbocycles. The highest BCUT2D eigenvalue weighted by molar-refractivity contribution is 14.1. The minimum Gasteiger partial charge on any atom is -0.122 e. The van der Waals surface area contributed by atoms with Crippen LogP contribution < -0.4 is 0 Å². The number of halogens is 3. The zero-order valence-corrected chi connectivity index (χ0v) is 12.8. The van der Waals surface area contributed by atoms with Crippen LogP contribution in [0.1, 0.15) is 25.0 Å². The van der Waals surface area contributed by atoms with E-state index >= 15 is 0 Å². The molecule has 78 valence electrons. The second-order valence-corrected chi connectivity index (χ2v) is 6.05. The van der Waals surface area contributed by atoms with E-state index < -0.39 is 0 Å². The van der Waals surface area contributed by atoms with E-state index in [2.05, 4.69) is 64.5 Å². The summed E-state index contributed by atoms with van der Waals surface area (Å²) in [5.41, 5.74) is 2.57. The smallest absolute Gasteiger partial charge is 0.0474 e. The highest BCUT2D eigenvalue weighted by Gasteiger charge is 2.08. The minimum absolute atomic E-state index is 0.580. The Kier molecular flexibility index (Phi) is 5.21. The van der Waals surface area contributed by atoms with Gasteiger partial charge in [0.15, 0.2) is 0 Å². The Morgan fingerprint density at radius 3 is 2.50 bits per heavy atom. The quantitative estimate of drug-likeness (QED) is 0.506. The van der Waals surface area contributed by atoms with Crippen LogP contribution in [0, 0.1) is 9.49 Å². The summed E-state index contributed by atoms with van der Waals surface area (Å²) in [6.45, 7) is 4.47. The first-order valence-corrected chi connectivity index (χ1v) is 6.98. The van der Waals surface area contributed by atoms with Crippen molar-refractivity contribution in [2.45, 2.75) is 26.1 Å². The lowest BCUT2D eigenvalue weighted by molar-refractivity contribution is 0.643. The Labute approximate surface area is 113 Å². The van der Waals surface area contributed by atoms with E-state index in [-0.39, 0.29) is 0 Å². The van der Waals surface area contributed by atoms with Crippen LogP contribution in [0.3, 0.4) is 0 Å². The molecule has 0 amide bonds. The molecule has 0 aliphatic heterocycles. The number of hydrogen-bond donors (Lipinski definition) is 0. The van der Waals surface area contributed by atoms with E-state index in [1.807, 2.05) is 0 Å². The van der Waals surface area contributed by atoms with Crippen molar-refractivity contribution < 1.29 is 0 Å². The van der Waals surface area contributed by atoms with E-state index in [9.17, 15) is 0 Å². The zero-order valence-electron chi connectivity index (χ0n) is 8.28. The standard InChI is InChI=1S/C11H13BrClI/c1-7(2)3-9-10(12)4-8(6-13)5-11(9)14/h4-5,7H,3,6H2,1-2H3. The van der Waals surface area contributed by atoms with Crippen molar-refractivity contribution in [3.63, 3.8) is 0 Å². The highest BCUT2D eigenvalue weighted by Crippen LogP contribution is 2.27. The average Bonchev–Trinajstić information content (AvgIpc) is 2.10. The van der Waals surface area contributed by atoms with E-state index in [1.54, 1.807) is 0 Å². The van der Waals surface area contributed by atoms with Gasteiger partial charge in [0, 0.05) is 13.9 Å². The summed E-state index contributed by atoms with van der Waals surface area (Å²) >= 11 is 11.8. The SMILES string of the molecule is CC(C)Cc1c(Br)cc(CCl)cc1I. The van der Waals surface area contributed by atoms with Crippen molar-refractivity contribution in [1.29, 1.82) is 0 Å². The van der Waals surface area contributed by atoms with E-state index in [0.717, 1.165) is 6.42 Å². The number of hydrogen-bond acceptors (Lipinski definition) is 0.